The molecule has 9 nitrogen and oxygen atoms in total. The first-order chi connectivity index (χ1) is 14.7. The molecule has 0 atom stereocenters. The van der Waals surface area contributed by atoms with E-state index in [0.717, 1.165) is 0 Å². The van der Waals surface area contributed by atoms with Crippen LogP contribution in [0, 0.1) is 0 Å². The number of rotatable bonds is 8. The van der Waals surface area contributed by atoms with Gasteiger partial charge in [0.25, 0.3) is 15.9 Å². The van der Waals surface area contributed by atoms with E-state index in [-0.39, 0.29) is 28.7 Å². The van der Waals surface area contributed by atoms with Gasteiger partial charge in [-0.15, -0.1) is 0 Å². The van der Waals surface area contributed by atoms with Crippen molar-refractivity contribution in [2.75, 3.05) is 11.8 Å². The maximum Gasteiger partial charge on any atom is 0.262 e. The monoisotopic (exact) mass is 443 g/mol. The van der Waals surface area contributed by atoms with Crippen molar-refractivity contribution in [3.05, 3.63) is 66.5 Å². The number of nitrogens with one attached hydrogen (secondary N) is 1. The second kappa shape index (κ2) is 9.17. The van der Waals surface area contributed by atoms with E-state index in [1.165, 1.54) is 37.7 Å². The molecule has 0 aliphatic rings. The van der Waals surface area contributed by atoms with Gasteiger partial charge in [-0.1, -0.05) is 12.1 Å². The van der Waals surface area contributed by atoms with Crippen LogP contribution in [-0.2, 0) is 23.6 Å². The van der Waals surface area contributed by atoms with Crippen molar-refractivity contribution in [1.82, 2.24) is 19.4 Å². The summed E-state index contributed by atoms with van der Waals surface area (Å²) >= 11 is 0. The molecule has 0 spiro atoms. The van der Waals surface area contributed by atoms with Crippen LogP contribution in [0.2, 0.25) is 0 Å². The number of hydrogen-bond donors (Lipinski definition) is 1. The topological polar surface area (TPSA) is 106 Å². The zero-order chi connectivity index (χ0) is 22.6. The van der Waals surface area contributed by atoms with Gasteiger partial charge in [-0.2, -0.15) is 0 Å². The van der Waals surface area contributed by atoms with E-state index in [1.807, 2.05) is 25.5 Å². The van der Waals surface area contributed by atoms with Crippen molar-refractivity contribution in [3.63, 3.8) is 0 Å². The van der Waals surface area contributed by atoms with Crippen molar-refractivity contribution in [3.8, 4) is 5.75 Å². The van der Waals surface area contributed by atoms with Crippen LogP contribution < -0.4 is 9.46 Å². The fourth-order valence-corrected chi connectivity index (χ4v) is 4.25. The Morgan fingerprint density at radius 1 is 1.26 bits per heavy atom. The smallest absolute Gasteiger partial charge is 0.262 e. The number of aryl methyl sites for hydroxylation is 1. The summed E-state index contributed by atoms with van der Waals surface area (Å²) in [6, 6.07) is 7.47. The minimum absolute atomic E-state index is 0.0776. The van der Waals surface area contributed by atoms with Gasteiger partial charge in [-0.05, 0) is 26.0 Å². The second-order valence-electron chi connectivity index (χ2n) is 7.20. The largest absolute Gasteiger partial charge is 0.495 e. The summed E-state index contributed by atoms with van der Waals surface area (Å²) in [6.07, 6.45) is 6.28. The first kappa shape index (κ1) is 22.3. The van der Waals surface area contributed by atoms with Crippen LogP contribution in [-0.4, -0.2) is 46.9 Å². The van der Waals surface area contributed by atoms with Crippen molar-refractivity contribution >= 4 is 21.6 Å². The Bertz CT molecular complexity index is 1170. The Labute approximate surface area is 181 Å². The Hall–Kier alpha value is -3.40. The van der Waals surface area contributed by atoms with Gasteiger partial charge >= 0.3 is 0 Å². The molecule has 0 bridgehead atoms. The van der Waals surface area contributed by atoms with E-state index in [4.69, 9.17) is 4.74 Å². The highest BCUT2D eigenvalue weighted by Crippen LogP contribution is 2.24. The van der Waals surface area contributed by atoms with Gasteiger partial charge in [0.05, 0.1) is 37.3 Å². The van der Waals surface area contributed by atoms with Crippen LogP contribution in [0.4, 0.5) is 5.69 Å². The lowest BCUT2D eigenvalue weighted by atomic mass is 10.1. The number of sulfonamides is 1. The molecule has 31 heavy (non-hydrogen) atoms. The summed E-state index contributed by atoms with van der Waals surface area (Å²) < 4.78 is 35.6. The predicted octanol–water partition coefficient (Wildman–Crippen LogP) is 2.68. The second-order valence-corrected chi connectivity index (χ2v) is 8.85. The average Bonchev–Trinajstić information content (AvgIpc) is 3.15. The number of nitrogens with zero attached hydrogens (tertiary/aromatic N) is 4. The molecule has 0 saturated heterocycles. The van der Waals surface area contributed by atoms with Crippen LogP contribution in [0.1, 0.15) is 30.0 Å². The molecule has 2 heterocycles. The lowest BCUT2D eigenvalue weighted by Crippen LogP contribution is -2.38. The molecule has 0 aliphatic heterocycles. The molecule has 0 unspecified atom stereocenters. The normalized spacial score (nSPS) is 11.4. The quantitative estimate of drug-likeness (QED) is 0.574. The molecular formula is C21H25N5O4S. The molecule has 1 aromatic carbocycles. The van der Waals surface area contributed by atoms with Crippen molar-refractivity contribution in [2.24, 2.45) is 7.05 Å². The number of aromatic nitrogens is 3. The molecule has 0 aliphatic carbocycles. The molecule has 0 saturated carbocycles. The first-order valence-electron chi connectivity index (χ1n) is 9.61. The number of carbonyl (C=O) groups excluding carboxylic acids is 1. The molecule has 10 heteroatoms. The summed E-state index contributed by atoms with van der Waals surface area (Å²) in [5.74, 6) is 0.705. The third-order valence-electron chi connectivity index (χ3n) is 4.73. The summed E-state index contributed by atoms with van der Waals surface area (Å²) in [4.78, 5) is 23.1. The first-order valence-corrected chi connectivity index (χ1v) is 11.1. The molecular weight excluding hydrogens is 418 g/mol. The van der Waals surface area contributed by atoms with E-state index >= 15 is 0 Å². The number of anilines is 1. The Balaban J connectivity index is 1.95. The Morgan fingerprint density at radius 2 is 2.00 bits per heavy atom. The van der Waals surface area contributed by atoms with E-state index < -0.39 is 15.9 Å². The fraction of sp³-hybridized carbons (Fsp3) is 0.286. The van der Waals surface area contributed by atoms with Crippen LogP contribution in [0.25, 0.3) is 0 Å². The molecule has 0 radical (unpaired) electrons. The fourth-order valence-electron chi connectivity index (χ4n) is 3.02. The SMILES string of the molecule is COc1cncc(NS(=O)(=O)c2ccccc2C(=O)N(Cc2nccn2C)C(C)C)c1. The lowest BCUT2D eigenvalue weighted by molar-refractivity contribution is 0.0679. The highest BCUT2D eigenvalue weighted by atomic mass is 32.2. The maximum atomic E-state index is 13.4. The van der Waals surface area contributed by atoms with Gasteiger partial charge in [0, 0.05) is 31.5 Å². The summed E-state index contributed by atoms with van der Waals surface area (Å²) in [5.41, 5.74) is 0.309. The Morgan fingerprint density at radius 3 is 2.65 bits per heavy atom. The maximum absolute atomic E-state index is 13.4. The van der Waals surface area contributed by atoms with Gasteiger partial charge in [0.1, 0.15) is 16.5 Å². The van der Waals surface area contributed by atoms with Crippen LogP contribution in [0.5, 0.6) is 5.75 Å². The number of imidazole rings is 1. The van der Waals surface area contributed by atoms with E-state index in [9.17, 15) is 13.2 Å². The zero-order valence-electron chi connectivity index (χ0n) is 17.8. The number of methoxy groups -OCH3 is 1. The number of hydrogen-bond acceptors (Lipinski definition) is 6. The van der Waals surface area contributed by atoms with Crippen molar-refractivity contribution in [1.29, 1.82) is 0 Å². The number of benzene rings is 1. The van der Waals surface area contributed by atoms with E-state index in [1.54, 1.807) is 29.4 Å². The number of amides is 1. The minimum Gasteiger partial charge on any atom is -0.495 e. The predicted molar refractivity (Wildman–Crippen MR) is 116 cm³/mol. The summed E-state index contributed by atoms with van der Waals surface area (Å²) in [5, 5.41) is 0. The van der Waals surface area contributed by atoms with E-state index in [2.05, 4.69) is 14.7 Å². The molecule has 1 N–H and O–H groups in total. The highest BCUT2D eigenvalue weighted by molar-refractivity contribution is 7.92. The van der Waals surface area contributed by atoms with Crippen molar-refractivity contribution < 1.29 is 17.9 Å². The number of pyridine rings is 1. The van der Waals surface area contributed by atoms with Crippen LogP contribution in [0.3, 0.4) is 0 Å². The molecule has 3 rings (SSSR count). The van der Waals surface area contributed by atoms with Gasteiger partial charge in [-0.3, -0.25) is 14.5 Å². The standard InChI is InChI=1S/C21H25N5O4S/c1-15(2)26(14-20-23-9-10-25(20)3)21(27)18-7-5-6-8-19(18)31(28,29)24-16-11-17(30-4)13-22-12-16/h5-13,15,24H,14H2,1-4H3. The zero-order valence-corrected chi connectivity index (χ0v) is 18.6. The summed E-state index contributed by atoms with van der Waals surface area (Å²) in [6.45, 7) is 4.00. The van der Waals surface area contributed by atoms with Crippen molar-refractivity contribution in [2.45, 2.75) is 31.3 Å². The third-order valence-corrected chi connectivity index (χ3v) is 6.16. The number of ether oxygens (including phenoxy) is 1. The highest BCUT2D eigenvalue weighted by Gasteiger charge is 2.27. The Kier molecular flexibility index (Phi) is 6.59. The molecule has 164 valence electrons. The van der Waals surface area contributed by atoms with Crippen LogP contribution >= 0.6 is 0 Å². The molecule has 1 amide bonds. The van der Waals surface area contributed by atoms with Gasteiger partial charge in [-0.25, -0.2) is 13.4 Å². The summed E-state index contributed by atoms with van der Waals surface area (Å²) in [7, 11) is -0.751. The number of carbonyl (C=O) groups is 1. The average molecular weight is 444 g/mol. The minimum atomic E-state index is -4.06. The van der Waals surface area contributed by atoms with Gasteiger partial charge < -0.3 is 14.2 Å². The third kappa shape index (κ3) is 5.02. The molecule has 0 fully saturated rings. The van der Waals surface area contributed by atoms with Gasteiger partial charge in [0.15, 0.2) is 0 Å². The van der Waals surface area contributed by atoms with Gasteiger partial charge in [0.2, 0.25) is 0 Å². The lowest BCUT2D eigenvalue weighted by Gasteiger charge is -2.27. The molecule has 2 aromatic heterocycles. The molecule has 3 aromatic rings. The van der Waals surface area contributed by atoms with Crippen LogP contribution in [0.15, 0.2) is 60.0 Å². The van der Waals surface area contributed by atoms with E-state index in [0.29, 0.717) is 11.6 Å².